The van der Waals surface area contributed by atoms with Gasteiger partial charge < -0.3 is 16.2 Å². The minimum atomic E-state index is -1.03. The molecule has 0 rings (SSSR count). The number of aliphatic carboxylic acids is 1. The van der Waals surface area contributed by atoms with E-state index in [0.717, 1.165) is 12.8 Å². The normalized spacial score (nSPS) is 12.1. The molecule has 1 amide bonds. The van der Waals surface area contributed by atoms with Crippen LogP contribution in [0.2, 0.25) is 0 Å². The van der Waals surface area contributed by atoms with E-state index in [1.807, 2.05) is 6.92 Å². The smallest absolute Gasteiger partial charge is 0.320 e. The first-order valence-corrected chi connectivity index (χ1v) is 4.83. The predicted molar refractivity (Wildman–Crippen MR) is 52.8 cm³/mol. The topological polar surface area (TPSA) is 92.4 Å². The summed E-state index contributed by atoms with van der Waals surface area (Å²) in [5, 5.41) is 11.1. The molecule has 0 heterocycles. The number of rotatable bonds is 7. The first kappa shape index (κ1) is 12.9. The molecular formula is C9H18N2O3. The van der Waals surface area contributed by atoms with Crippen LogP contribution < -0.4 is 11.1 Å². The van der Waals surface area contributed by atoms with Crippen molar-refractivity contribution in [1.29, 1.82) is 0 Å². The Bertz CT molecular complexity index is 194. The average molecular weight is 202 g/mol. The Kier molecular flexibility index (Phi) is 6.74. The molecule has 1 atom stereocenters. The van der Waals surface area contributed by atoms with Crippen LogP contribution in [0, 0.1) is 0 Å². The van der Waals surface area contributed by atoms with Gasteiger partial charge >= 0.3 is 5.97 Å². The Hall–Kier alpha value is -1.10. The first-order chi connectivity index (χ1) is 6.57. The molecule has 5 nitrogen and oxygen atoms in total. The molecule has 0 unspecified atom stereocenters. The highest BCUT2D eigenvalue weighted by molar-refractivity contribution is 5.76. The fourth-order valence-electron chi connectivity index (χ4n) is 0.916. The van der Waals surface area contributed by atoms with E-state index in [1.54, 1.807) is 0 Å². The van der Waals surface area contributed by atoms with Gasteiger partial charge in [-0.15, -0.1) is 0 Å². The molecule has 0 saturated heterocycles. The second-order valence-corrected chi connectivity index (χ2v) is 3.19. The second kappa shape index (κ2) is 7.32. The lowest BCUT2D eigenvalue weighted by molar-refractivity contribution is -0.138. The van der Waals surface area contributed by atoms with Crippen LogP contribution in [0.25, 0.3) is 0 Å². The lowest BCUT2D eigenvalue weighted by Crippen LogP contribution is -2.35. The van der Waals surface area contributed by atoms with Crippen molar-refractivity contribution in [3.8, 4) is 0 Å². The van der Waals surface area contributed by atoms with Crippen molar-refractivity contribution in [2.24, 2.45) is 5.73 Å². The molecule has 0 saturated carbocycles. The van der Waals surface area contributed by atoms with E-state index in [1.165, 1.54) is 0 Å². The van der Waals surface area contributed by atoms with Crippen LogP contribution in [-0.2, 0) is 9.59 Å². The summed E-state index contributed by atoms with van der Waals surface area (Å²) in [5.41, 5.74) is 5.25. The summed E-state index contributed by atoms with van der Waals surface area (Å²) in [6.45, 7) is 2.34. The fourth-order valence-corrected chi connectivity index (χ4v) is 0.916. The van der Waals surface area contributed by atoms with Gasteiger partial charge in [0.2, 0.25) is 5.91 Å². The van der Waals surface area contributed by atoms with Crippen LogP contribution in [0.5, 0.6) is 0 Å². The summed E-state index contributed by atoms with van der Waals surface area (Å²) in [4.78, 5) is 21.4. The molecule has 82 valence electrons. The zero-order chi connectivity index (χ0) is 11.0. The number of amides is 1. The van der Waals surface area contributed by atoms with Crippen molar-refractivity contribution in [2.75, 3.05) is 6.54 Å². The highest BCUT2D eigenvalue weighted by Crippen LogP contribution is 1.93. The third-order valence-corrected chi connectivity index (χ3v) is 1.85. The van der Waals surface area contributed by atoms with Gasteiger partial charge in [0.15, 0.2) is 0 Å². The van der Waals surface area contributed by atoms with E-state index in [-0.39, 0.29) is 12.3 Å². The highest BCUT2D eigenvalue weighted by atomic mass is 16.4. The number of carbonyl (C=O) groups excluding carboxylic acids is 1. The van der Waals surface area contributed by atoms with Gasteiger partial charge in [0.25, 0.3) is 0 Å². The maximum absolute atomic E-state index is 11.1. The van der Waals surface area contributed by atoms with Gasteiger partial charge in [-0.2, -0.15) is 0 Å². The van der Waals surface area contributed by atoms with Crippen molar-refractivity contribution in [2.45, 2.75) is 38.6 Å². The summed E-state index contributed by atoms with van der Waals surface area (Å²) in [6, 6.07) is -0.888. The van der Waals surface area contributed by atoms with Crippen LogP contribution in [0.1, 0.15) is 32.6 Å². The zero-order valence-corrected chi connectivity index (χ0v) is 8.45. The van der Waals surface area contributed by atoms with Crippen molar-refractivity contribution in [3.63, 3.8) is 0 Å². The summed E-state index contributed by atoms with van der Waals surface area (Å²) < 4.78 is 0. The maximum Gasteiger partial charge on any atom is 0.320 e. The molecule has 0 bridgehead atoms. The lowest BCUT2D eigenvalue weighted by Gasteiger charge is -2.07. The minimum Gasteiger partial charge on any atom is -0.480 e. The van der Waals surface area contributed by atoms with Crippen molar-refractivity contribution >= 4 is 11.9 Å². The monoisotopic (exact) mass is 202 g/mol. The average Bonchev–Trinajstić information content (AvgIpc) is 2.14. The summed E-state index contributed by atoms with van der Waals surface area (Å²) in [6.07, 6.45) is 2.60. The molecule has 0 radical (unpaired) electrons. The number of carboxylic acid groups (broad SMARTS) is 1. The quantitative estimate of drug-likeness (QED) is 0.545. The zero-order valence-electron chi connectivity index (χ0n) is 8.45. The summed E-state index contributed by atoms with van der Waals surface area (Å²) in [7, 11) is 0. The number of nitrogens with one attached hydrogen (secondary N) is 1. The van der Waals surface area contributed by atoms with Gasteiger partial charge in [0.05, 0.1) is 0 Å². The molecule has 0 spiro atoms. The Labute approximate surface area is 83.7 Å². The van der Waals surface area contributed by atoms with Gasteiger partial charge in [0.1, 0.15) is 6.04 Å². The Balaban J connectivity index is 3.44. The minimum absolute atomic E-state index is 0.0376. The lowest BCUT2D eigenvalue weighted by atomic mass is 10.2. The third-order valence-electron chi connectivity index (χ3n) is 1.85. The SMILES string of the molecule is CCCCC(=O)NCC[C@H](N)C(=O)O. The van der Waals surface area contributed by atoms with Gasteiger partial charge in [-0.1, -0.05) is 13.3 Å². The van der Waals surface area contributed by atoms with E-state index in [9.17, 15) is 9.59 Å². The third kappa shape index (κ3) is 6.42. The van der Waals surface area contributed by atoms with E-state index in [4.69, 9.17) is 10.8 Å². The van der Waals surface area contributed by atoms with Gasteiger partial charge in [-0.05, 0) is 12.8 Å². The molecule has 0 aromatic carbocycles. The number of nitrogens with two attached hydrogens (primary N) is 1. The predicted octanol–water partition coefficient (Wildman–Crippen LogP) is 0.0948. The Morgan fingerprint density at radius 2 is 2.14 bits per heavy atom. The standard InChI is InChI=1S/C9H18N2O3/c1-2-3-4-8(12)11-6-5-7(10)9(13)14/h7H,2-6,10H2,1H3,(H,11,12)(H,13,14)/t7-/m0/s1. The number of hydrogen-bond donors (Lipinski definition) is 3. The van der Waals surface area contributed by atoms with E-state index in [0.29, 0.717) is 13.0 Å². The molecule has 0 aromatic rings. The van der Waals surface area contributed by atoms with Crippen LogP contribution in [0.4, 0.5) is 0 Å². The van der Waals surface area contributed by atoms with Crippen molar-refractivity contribution in [1.82, 2.24) is 5.32 Å². The maximum atomic E-state index is 11.1. The molecule has 0 aliphatic carbocycles. The van der Waals surface area contributed by atoms with Crippen LogP contribution in [0.15, 0.2) is 0 Å². The molecular weight excluding hydrogens is 184 g/mol. The van der Waals surface area contributed by atoms with Gasteiger partial charge in [-0.25, -0.2) is 0 Å². The van der Waals surface area contributed by atoms with Crippen LogP contribution in [0.3, 0.4) is 0 Å². The van der Waals surface area contributed by atoms with E-state index >= 15 is 0 Å². The van der Waals surface area contributed by atoms with Crippen LogP contribution >= 0.6 is 0 Å². The largest absolute Gasteiger partial charge is 0.480 e. The summed E-state index contributed by atoms with van der Waals surface area (Å²) >= 11 is 0. The van der Waals surface area contributed by atoms with Crippen LogP contribution in [-0.4, -0.2) is 29.6 Å². The summed E-state index contributed by atoms with van der Waals surface area (Å²) in [5.74, 6) is -1.07. The molecule has 0 aromatic heterocycles. The molecule has 0 aliphatic rings. The highest BCUT2D eigenvalue weighted by Gasteiger charge is 2.10. The fraction of sp³-hybridized carbons (Fsp3) is 0.778. The van der Waals surface area contributed by atoms with E-state index in [2.05, 4.69) is 5.32 Å². The Morgan fingerprint density at radius 1 is 1.50 bits per heavy atom. The van der Waals surface area contributed by atoms with Crippen molar-refractivity contribution in [3.05, 3.63) is 0 Å². The number of hydrogen-bond acceptors (Lipinski definition) is 3. The molecule has 5 heteroatoms. The number of unbranched alkanes of at least 4 members (excludes halogenated alkanes) is 1. The number of carbonyl (C=O) groups is 2. The Morgan fingerprint density at radius 3 is 2.64 bits per heavy atom. The molecule has 0 fully saturated rings. The van der Waals surface area contributed by atoms with Crippen molar-refractivity contribution < 1.29 is 14.7 Å². The van der Waals surface area contributed by atoms with E-state index < -0.39 is 12.0 Å². The molecule has 4 N–H and O–H groups in total. The van der Waals surface area contributed by atoms with Gasteiger partial charge in [0, 0.05) is 13.0 Å². The number of carboxylic acids is 1. The molecule has 14 heavy (non-hydrogen) atoms. The molecule has 0 aliphatic heterocycles. The van der Waals surface area contributed by atoms with Gasteiger partial charge in [-0.3, -0.25) is 9.59 Å². The first-order valence-electron chi connectivity index (χ1n) is 4.83. The second-order valence-electron chi connectivity index (χ2n) is 3.19.